The minimum atomic E-state index is -1.29. The summed E-state index contributed by atoms with van der Waals surface area (Å²) in [5.74, 6) is -0.191. The number of aromatic nitrogens is 2. The smallest absolute Gasteiger partial charge is 0.481 e. The first kappa shape index (κ1) is 17.1. The Morgan fingerprint density at radius 1 is 1.48 bits per heavy atom. The van der Waals surface area contributed by atoms with Crippen LogP contribution < -0.4 is 20.7 Å². The van der Waals surface area contributed by atoms with Crippen LogP contribution >= 0.6 is 0 Å². The highest BCUT2D eigenvalue weighted by atomic mass is 16.5. The number of nitrogens with zero attached hydrogens (tertiary/aromatic N) is 2. The zero-order valence-electron chi connectivity index (χ0n) is 13.3. The zero-order valence-corrected chi connectivity index (χ0v) is 13.3. The molecule has 0 spiro atoms. The molecule has 3 rings (SSSR count). The lowest BCUT2D eigenvalue weighted by Crippen LogP contribution is -2.29. The van der Waals surface area contributed by atoms with Crippen LogP contribution in [0.1, 0.15) is 25.0 Å². The van der Waals surface area contributed by atoms with Crippen LogP contribution in [0.4, 0.5) is 0 Å². The van der Waals surface area contributed by atoms with Crippen LogP contribution in [0.2, 0.25) is 0 Å². The van der Waals surface area contributed by atoms with Crippen LogP contribution in [0, 0.1) is 0 Å². The van der Waals surface area contributed by atoms with E-state index < -0.39 is 25.4 Å². The summed E-state index contributed by atoms with van der Waals surface area (Å²) >= 11 is 0. The number of carboxylic acid groups (broad SMARTS) is 1. The molecule has 0 fully saturated rings. The van der Waals surface area contributed by atoms with Crippen molar-refractivity contribution in [2.24, 2.45) is 5.73 Å². The largest absolute Gasteiger partial charge is 0.492 e. The van der Waals surface area contributed by atoms with Crippen molar-refractivity contribution in [3.05, 3.63) is 36.3 Å². The summed E-state index contributed by atoms with van der Waals surface area (Å²) in [6.07, 6.45) is 2.60. The van der Waals surface area contributed by atoms with Gasteiger partial charge in [-0.25, -0.2) is 4.98 Å². The van der Waals surface area contributed by atoms with Crippen molar-refractivity contribution in [3.63, 3.8) is 0 Å². The normalized spacial score (nSPS) is 17.1. The minimum Gasteiger partial charge on any atom is -0.481 e. The van der Waals surface area contributed by atoms with Gasteiger partial charge in [-0.15, -0.1) is 0 Å². The maximum atomic E-state index is 11.0. The molecular formula is C15H16BN3O6. The lowest BCUT2D eigenvalue weighted by atomic mass is 9.78. The van der Waals surface area contributed by atoms with Crippen molar-refractivity contribution in [1.29, 1.82) is 0 Å². The molecule has 4 N–H and O–H groups in total. The predicted molar refractivity (Wildman–Crippen MR) is 86.5 cm³/mol. The third kappa shape index (κ3) is 3.87. The molecule has 2 aromatic rings. The summed E-state index contributed by atoms with van der Waals surface area (Å²) in [7, 11) is -1.29. The number of fused-ring (bicyclic) bond motifs is 1. The second kappa shape index (κ2) is 7.05. The number of ether oxygens (including phenoxy) is 2. The molecule has 10 heteroatoms. The fraction of sp³-hybridized carbons (Fsp3) is 0.267. The van der Waals surface area contributed by atoms with Crippen LogP contribution in [0.5, 0.6) is 17.4 Å². The highest BCUT2D eigenvalue weighted by Gasteiger charge is 2.39. The molecule has 2 heterocycles. The highest BCUT2D eigenvalue weighted by molar-refractivity contribution is 6.62. The van der Waals surface area contributed by atoms with Crippen molar-refractivity contribution in [1.82, 2.24) is 9.97 Å². The maximum Gasteiger partial charge on any atom is 0.492 e. The van der Waals surface area contributed by atoms with Crippen LogP contribution in [0.3, 0.4) is 0 Å². The predicted octanol–water partition coefficient (Wildman–Crippen LogP) is 0.186. The molecule has 0 amide bonds. The molecular weight excluding hydrogens is 329 g/mol. The Labute approximate surface area is 143 Å². The Morgan fingerprint density at radius 3 is 2.92 bits per heavy atom. The molecule has 0 radical (unpaired) electrons. The lowest BCUT2D eigenvalue weighted by Gasteiger charge is -2.18. The molecule has 1 aliphatic heterocycles. The first-order valence-corrected chi connectivity index (χ1v) is 7.53. The van der Waals surface area contributed by atoms with Gasteiger partial charge < -0.3 is 24.3 Å². The zero-order chi connectivity index (χ0) is 18.0. The van der Waals surface area contributed by atoms with Crippen molar-refractivity contribution >= 4 is 18.6 Å². The van der Waals surface area contributed by atoms with E-state index in [1.165, 1.54) is 18.6 Å². The molecule has 9 nitrogen and oxygen atoms in total. The molecule has 130 valence electrons. The van der Waals surface area contributed by atoms with Gasteiger partial charge >= 0.3 is 13.1 Å². The fourth-order valence-electron chi connectivity index (χ4n) is 2.59. The maximum absolute atomic E-state index is 11.0. The number of hydrogen-bond donors (Lipinski definition) is 3. The summed E-state index contributed by atoms with van der Waals surface area (Å²) in [4.78, 5) is 19.0. The molecule has 0 saturated carbocycles. The number of nitrogens with two attached hydrogens (primary N) is 1. The molecule has 2 unspecified atom stereocenters. The van der Waals surface area contributed by atoms with Gasteiger partial charge in [0.25, 0.3) is 0 Å². The van der Waals surface area contributed by atoms with Gasteiger partial charge in [0.15, 0.2) is 0 Å². The number of carboxylic acids is 1. The Morgan fingerprint density at radius 2 is 2.28 bits per heavy atom. The van der Waals surface area contributed by atoms with Crippen LogP contribution in [-0.4, -0.2) is 39.4 Å². The van der Waals surface area contributed by atoms with E-state index in [0.29, 0.717) is 16.8 Å². The van der Waals surface area contributed by atoms with Crippen molar-refractivity contribution < 1.29 is 29.1 Å². The van der Waals surface area contributed by atoms with Gasteiger partial charge in [0.1, 0.15) is 17.7 Å². The Bertz CT molecular complexity index is 773. The van der Waals surface area contributed by atoms with Crippen LogP contribution in [0.15, 0.2) is 30.7 Å². The van der Waals surface area contributed by atoms with Crippen LogP contribution in [-0.2, 0) is 9.45 Å². The number of hydrogen-bond acceptors (Lipinski definition) is 8. The Hall–Kier alpha value is -2.69. The Balaban J connectivity index is 2.01. The van der Waals surface area contributed by atoms with E-state index in [4.69, 9.17) is 25.0 Å². The molecule has 0 aliphatic carbocycles. The van der Waals surface area contributed by atoms with Gasteiger partial charge in [-0.1, -0.05) is 0 Å². The first-order chi connectivity index (χ1) is 11.9. The number of benzene rings is 1. The average Bonchev–Trinajstić information content (AvgIpc) is 2.83. The van der Waals surface area contributed by atoms with Crippen molar-refractivity contribution in [3.8, 4) is 17.4 Å². The van der Waals surface area contributed by atoms with E-state index in [1.807, 2.05) is 0 Å². The summed E-state index contributed by atoms with van der Waals surface area (Å²) in [5.41, 5.74) is 6.50. The van der Waals surface area contributed by atoms with E-state index in [0.717, 1.165) is 0 Å². The second-order valence-electron chi connectivity index (χ2n) is 5.47. The quantitative estimate of drug-likeness (QED) is 0.495. The minimum absolute atomic E-state index is 0.254. The van der Waals surface area contributed by atoms with E-state index in [2.05, 4.69) is 9.97 Å². The lowest BCUT2D eigenvalue weighted by molar-refractivity contribution is -0.138. The third-order valence-corrected chi connectivity index (χ3v) is 3.46. The summed E-state index contributed by atoms with van der Waals surface area (Å²) < 4.78 is 16.5. The molecule has 2 atom stereocenters. The highest BCUT2D eigenvalue weighted by Crippen LogP contribution is 2.37. The number of rotatable bonds is 6. The number of carbonyl (C=O) groups is 1. The van der Waals surface area contributed by atoms with E-state index in [1.54, 1.807) is 19.1 Å². The van der Waals surface area contributed by atoms with Gasteiger partial charge in [0.05, 0.1) is 18.7 Å². The second-order valence-corrected chi connectivity index (χ2v) is 5.47. The first-order valence-electron chi connectivity index (χ1n) is 7.53. The molecule has 25 heavy (non-hydrogen) atoms. The van der Waals surface area contributed by atoms with E-state index in [9.17, 15) is 9.82 Å². The SMILES string of the molecule is CC(N)Oc1cc(Oc2cnccn2)cc2c1C(CC(=O)O)OB2O. The molecule has 1 aromatic carbocycles. The standard InChI is InChI=1S/C15H16BN3O6/c1-8(17)23-11-5-9(24-13-7-18-2-3-19-13)4-10-15(11)12(6-14(20)21)25-16(10)22/h2-5,7-8,12,22H,6,17H2,1H3,(H,20,21). The third-order valence-electron chi connectivity index (χ3n) is 3.46. The van der Waals surface area contributed by atoms with Crippen molar-refractivity contribution in [2.75, 3.05) is 0 Å². The van der Waals surface area contributed by atoms with Gasteiger partial charge in [-0.05, 0) is 18.5 Å². The molecule has 1 aromatic heterocycles. The van der Waals surface area contributed by atoms with Gasteiger partial charge in [-0.2, -0.15) is 0 Å². The summed E-state index contributed by atoms with van der Waals surface area (Å²) in [6.45, 7) is 1.63. The van der Waals surface area contributed by atoms with Gasteiger partial charge in [-0.3, -0.25) is 15.5 Å². The Kier molecular flexibility index (Phi) is 4.84. The van der Waals surface area contributed by atoms with Crippen LogP contribution in [0.25, 0.3) is 0 Å². The van der Waals surface area contributed by atoms with Crippen molar-refractivity contribution in [2.45, 2.75) is 25.7 Å². The molecule has 1 aliphatic rings. The molecule has 0 bridgehead atoms. The average molecular weight is 345 g/mol. The number of aliphatic carboxylic acids is 1. The topological polar surface area (TPSA) is 137 Å². The van der Waals surface area contributed by atoms with E-state index >= 15 is 0 Å². The van der Waals surface area contributed by atoms with Gasteiger partial charge in [0.2, 0.25) is 5.88 Å². The summed E-state index contributed by atoms with van der Waals surface area (Å²) in [5, 5.41) is 19.2. The molecule has 0 saturated heterocycles. The fourth-order valence-corrected chi connectivity index (χ4v) is 2.59. The summed E-state index contributed by atoms with van der Waals surface area (Å²) in [6, 6.07) is 3.09. The van der Waals surface area contributed by atoms with E-state index in [-0.39, 0.29) is 18.1 Å². The van der Waals surface area contributed by atoms with Gasteiger partial charge in [0, 0.05) is 24.0 Å². The monoisotopic (exact) mass is 345 g/mol.